The van der Waals surface area contributed by atoms with Gasteiger partial charge in [0.2, 0.25) is 0 Å². The number of imidazole rings is 2. The number of rotatable bonds is 10. The summed E-state index contributed by atoms with van der Waals surface area (Å²) < 4.78 is 37.4. The van der Waals surface area contributed by atoms with E-state index in [1.165, 1.54) is 24.3 Å². The Balaban J connectivity index is 0.000000164. The SMILES string of the molecule is CNC(=O)Nc1ccc(-c2cnc3c(NCc4cccnc4)nc4ccc(F)cc4n23)cc1.CNC(=O)Nc1ccc(-c2cnc3c(NCc4ccco4)nc4ccc(F)cc4n23)cc1. The van der Waals surface area contributed by atoms with Crippen molar-refractivity contribution >= 4 is 68.4 Å². The predicted molar refractivity (Wildman–Crippen MR) is 246 cm³/mol. The fourth-order valence-electron chi connectivity index (χ4n) is 7.16. The van der Waals surface area contributed by atoms with Crippen LogP contribution in [0, 0.1) is 11.6 Å². The predicted octanol–water partition coefficient (Wildman–Crippen LogP) is 9.09. The van der Waals surface area contributed by atoms with Gasteiger partial charge in [-0.25, -0.2) is 38.3 Å². The molecule has 6 N–H and O–H groups in total. The zero-order valence-electron chi connectivity index (χ0n) is 34.8. The molecule has 6 aromatic heterocycles. The van der Waals surface area contributed by atoms with Crippen molar-refractivity contribution in [2.45, 2.75) is 13.1 Å². The number of fused-ring (bicyclic) bond motifs is 6. The Kier molecular flexibility index (Phi) is 11.6. The van der Waals surface area contributed by atoms with Crippen LogP contribution in [0.5, 0.6) is 0 Å². The highest BCUT2D eigenvalue weighted by Crippen LogP contribution is 2.32. The van der Waals surface area contributed by atoms with Gasteiger partial charge in [-0.05, 0) is 72.3 Å². The molecule has 0 atom stereocenters. The van der Waals surface area contributed by atoms with Crippen LogP contribution in [0.15, 0.2) is 145 Å². The molecule has 0 aliphatic heterocycles. The Morgan fingerprint density at radius 2 is 1.14 bits per heavy atom. The van der Waals surface area contributed by atoms with Crippen molar-refractivity contribution in [3.63, 3.8) is 0 Å². The third kappa shape index (κ3) is 8.89. The minimum Gasteiger partial charge on any atom is -0.467 e. The number of anilines is 4. The maximum Gasteiger partial charge on any atom is 0.318 e. The zero-order valence-corrected chi connectivity index (χ0v) is 34.8. The van der Waals surface area contributed by atoms with Crippen LogP contribution in [-0.4, -0.2) is 59.9 Å². The Labute approximate surface area is 368 Å². The first-order chi connectivity index (χ1) is 31.7. The first-order valence-electron chi connectivity index (χ1n) is 20.3. The van der Waals surface area contributed by atoms with Gasteiger partial charge in [-0.1, -0.05) is 30.3 Å². The van der Waals surface area contributed by atoms with Crippen molar-refractivity contribution in [2.24, 2.45) is 0 Å². The van der Waals surface area contributed by atoms with Gasteiger partial charge < -0.3 is 36.3 Å². The molecule has 0 unspecified atom stereocenters. The molecular weight excluding hydrogens is 833 g/mol. The Morgan fingerprint density at radius 3 is 1.60 bits per heavy atom. The van der Waals surface area contributed by atoms with Gasteiger partial charge in [0, 0.05) is 67.7 Å². The van der Waals surface area contributed by atoms with E-state index in [1.54, 1.807) is 81.5 Å². The minimum absolute atomic E-state index is 0.297. The molecule has 65 heavy (non-hydrogen) atoms. The number of carbonyl (C=O) groups excluding carboxylic acids is 2. The number of urea groups is 2. The van der Waals surface area contributed by atoms with Crippen LogP contribution in [0.1, 0.15) is 11.3 Å². The number of furan rings is 1. The first-order valence-corrected chi connectivity index (χ1v) is 20.3. The number of pyridine rings is 1. The highest BCUT2D eigenvalue weighted by atomic mass is 19.1. The summed E-state index contributed by atoms with van der Waals surface area (Å²) in [4.78, 5) is 45.7. The lowest BCUT2D eigenvalue weighted by molar-refractivity contribution is 0.253. The summed E-state index contributed by atoms with van der Waals surface area (Å²) in [6.45, 7) is 0.954. The molecule has 0 spiro atoms. The average Bonchev–Trinajstić information content (AvgIpc) is 4.13. The maximum absolute atomic E-state index is 14.2. The number of hydrogen-bond donors (Lipinski definition) is 6. The molecule has 18 heteroatoms. The van der Waals surface area contributed by atoms with Crippen molar-refractivity contribution in [1.82, 2.24) is 44.4 Å². The van der Waals surface area contributed by atoms with Crippen molar-refractivity contribution in [2.75, 3.05) is 35.4 Å². The molecule has 10 rings (SSSR count). The minimum atomic E-state index is -0.360. The Bertz CT molecular complexity index is 3300. The van der Waals surface area contributed by atoms with E-state index in [9.17, 15) is 18.4 Å². The van der Waals surface area contributed by atoms with E-state index < -0.39 is 0 Å². The number of amides is 4. The monoisotopic (exact) mass is 871 g/mol. The van der Waals surface area contributed by atoms with Gasteiger partial charge in [0.15, 0.2) is 22.9 Å². The second-order valence-corrected chi connectivity index (χ2v) is 14.5. The molecule has 10 aromatic rings. The van der Waals surface area contributed by atoms with Crippen LogP contribution in [0.4, 0.5) is 41.4 Å². The molecule has 0 bridgehead atoms. The summed E-state index contributed by atoms with van der Waals surface area (Å²) in [5.41, 5.74) is 9.19. The van der Waals surface area contributed by atoms with E-state index in [0.29, 0.717) is 69.5 Å². The Morgan fingerprint density at radius 1 is 0.615 bits per heavy atom. The molecule has 0 saturated carbocycles. The van der Waals surface area contributed by atoms with Gasteiger partial charge in [0.25, 0.3) is 0 Å². The normalized spacial score (nSPS) is 11.0. The van der Waals surface area contributed by atoms with Crippen molar-refractivity contribution in [3.05, 3.63) is 163 Å². The fraction of sp³-hybridized carbons (Fsp3) is 0.0851. The highest BCUT2D eigenvalue weighted by molar-refractivity contribution is 5.91. The van der Waals surface area contributed by atoms with Crippen LogP contribution < -0.4 is 31.9 Å². The Hall–Kier alpha value is -8.93. The van der Waals surface area contributed by atoms with E-state index in [2.05, 4.69) is 56.8 Å². The zero-order chi connectivity index (χ0) is 44.9. The molecule has 4 amide bonds. The number of nitrogens with one attached hydrogen (secondary N) is 6. The summed E-state index contributed by atoms with van der Waals surface area (Å²) in [7, 11) is 3.11. The van der Waals surface area contributed by atoms with Gasteiger partial charge in [0.1, 0.15) is 17.4 Å². The third-order valence-electron chi connectivity index (χ3n) is 10.3. The molecule has 0 fully saturated rings. The number of benzene rings is 4. The van der Waals surface area contributed by atoms with E-state index in [0.717, 1.165) is 33.8 Å². The quantitative estimate of drug-likeness (QED) is 0.0772. The maximum atomic E-state index is 14.2. The molecule has 6 heterocycles. The van der Waals surface area contributed by atoms with Crippen LogP contribution in [-0.2, 0) is 13.1 Å². The average molecular weight is 872 g/mol. The molecule has 4 aromatic carbocycles. The van der Waals surface area contributed by atoms with Crippen LogP contribution in [0.3, 0.4) is 0 Å². The van der Waals surface area contributed by atoms with Crippen LogP contribution in [0.25, 0.3) is 55.9 Å². The largest absolute Gasteiger partial charge is 0.467 e. The number of halogens is 2. The third-order valence-corrected chi connectivity index (χ3v) is 10.3. The summed E-state index contributed by atoms with van der Waals surface area (Å²) in [6.07, 6.45) is 8.57. The number of nitrogens with zero attached hydrogens (tertiary/aromatic N) is 7. The van der Waals surface area contributed by atoms with E-state index in [4.69, 9.17) is 4.42 Å². The smallest absolute Gasteiger partial charge is 0.318 e. The van der Waals surface area contributed by atoms with Crippen molar-refractivity contribution in [3.8, 4) is 22.5 Å². The molecule has 0 saturated heterocycles. The van der Waals surface area contributed by atoms with Gasteiger partial charge in [-0.3, -0.25) is 13.8 Å². The summed E-state index contributed by atoms with van der Waals surface area (Å²) in [6, 6.07) is 30.6. The molecular formula is C47H39F2N13O3. The first kappa shape index (κ1) is 41.4. The lowest BCUT2D eigenvalue weighted by atomic mass is 10.1. The van der Waals surface area contributed by atoms with Crippen molar-refractivity contribution in [1.29, 1.82) is 0 Å². The second-order valence-electron chi connectivity index (χ2n) is 14.5. The summed E-state index contributed by atoms with van der Waals surface area (Å²) in [5.74, 6) is 1.19. The van der Waals surface area contributed by atoms with Crippen LogP contribution in [0.2, 0.25) is 0 Å². The number of carbonyl (C=O) groups is 2. The standard InChI is InChI=1S/C24H20FN7O.C23H19FN6O2/c1-26-24(33)30-18-7-4-16(5-8-18)21-14-29-23-22(28-13-15-3-2-10-27-12-15)31-19-9-6-17(25)11-20(19)32(21)23;1-25-23(31)28-16-7-4-14(5-8-16)20-13-27-22-21(26-12-17-3-2-10-32-17)29-18-9-6-15(24)11-19(18)30(20)22/h2-12,14H,13H2,1H3,(H,28,31)(H2,26,30,33);2-11,13H,12H2,1H3,(H,26,29)(H2,25,28,31). The molecule has 0 aliphatic carbocycles. The van der Waals surface area contributed by atoms with Gasteiger partial charge in [-0.15, -0.1) is 0 Å². The van der Waals surface area contributed by atoms with E-state index in [-0.39, 0.29) is 23.7 Å². The van der Waals surface area contributed by atoms with Gasteiger partial charge >= 0.3 is 12.1 Å². The molecule has 16 nitrogen and oxygen atoms in total. The van der Waals surface area contributed by atoms with E-state index in [1.807, 2.05) is 57.3 Å². The lowest BCUT2D eigenvalue weighted by Crippen LogP contribution is -2.24. The lowest BCUT2D eigenvalue weighted by Gasteiger charge is -2.12. The second kappa shape index (κ2) is 18.2. The number of aromatic nitrogens is 7. The van der Waals surface area contributed by atoms with Gasteiger partial charge in [0.05, 0.1) is 58.7 Å². The van der Waals surface area contributed by atoms with Crippen molar-refractivity contribution < 1.29 is 22.8 Å². The molecule has 0 aliphatic rings. The topological polar surface area (TPSA) is 193 Å². The van der Waals surface area contributed by atoms with E-state index >= 15 is 0 Å². The molecule has 324 valence electrons. The summed E-state index contributed by atoms with van der Waals surface area (Å²) in [5, 5.41) is 17.1. The highest BCUT2D eigenvalue weighted by Gasteiger charge is 2.18. The number of hydrogen-bond acceptors (Lipinski definition) is 10. The van der Waals surface area contributed by atoms with Gasteiger partial charge in [-0.2, -0.15) is 0 Å². The van der Waals surface area contributed by atoms with Crippen LogP contribution >= 0.6 is 0 Å². The summed E-state index contributed by atoms with van der Waals surface area (Å²) >= 11 is 0. The fourth-order valence-corrected chi connectivity index (χ4v) is 7.16. The molecule has 0 radical (unpaired) electrons.